The number of amides is 1. The predicted octanol–water partition coefficient (Wildman–Crippen LogP) is 1.13. The van der Waals surface area contributed by atoms with E-state index in [0.717, 1.165) is 11.8 Å². The zero-order chi connectivity index (χ0) is 19.6. The minimum absolute atomic E-state index is 0.0973. The Morgan fingerprint density at radius 2 is 2.00 bits per heavy atom. The van der Waals surface area contributed by atoms with Crippen molar-refractivity contribution in [3.63, 3.8) is 0 Å². The molecule has 9 nitrogen and oxygen atoms in total. The number of primary sulfonamides is 1. The zero-order valence-corrected chi connectivity index (χ0v) is 15.8. The molecule has 0 fully saturated rings. The average Bonchev–Trinajstić information content (AvgIpc) is 2.78. The van der Waals surface area contributed by atoms with E-state index in [4.69, 9.17) is 21.5 Å². The van der Waals surface area contributed by atoms with Crippen LogP contribution < -0.4 is 10.5 Å². The highest BCUT2D eigenvalue weighted by Gasteiger charge is 2.18. The number of sulfonamides is 1. The van der Waals surface area contributed by atoms with Gasteiger partial charge < -0.3 is 10.1 Å². The topological polar surface area (TPSA) is 133 Å². The summed E-state index contributed by atoms with van der Waals surface area (Å²) in [6.07, 6.45) is 0. The number of hydrogen-bond acceptors (Lipinski definition) is 6. The van der Waals surface area contributed by atoms with Gasteiger partial charge in [0, 0.05) is 7.05 Å². The molecule has 1 aromatic carbocycles. The zero-order valence-electron chi connectivity index (χ0n) is 14.2. The summed E-state index contributed by atoms with van der Waals surface area (Å²) in [6, 6.07) is 3.47. The van der Waals surface area contributed by atoms with Gasteiger partial charge in [0.25, 0.3) is 5.91 Å². The SMILES string of the molecule is Cc1nn(C)c(C)c1NC(=O)COC(=O)c1ccc(Cl)c(S(N)(=O)=O)c1. The van der Waals surface area contributed by atoms with Crippen molar-refractivity contribution < 1.29 is 22.7 Å². The van der Waals surface area contributed by atoms with E-state index in [9.17, 15) is 18.0 Å². The van der Waals surface area contributed by atoms with Gasteiger partial charge in [-0.25, -0.2) is 18.4 Å². The fraction of sp³-hybridized carbons (Fsp3) is 0.267. The van der Waals surface area contributed by atoms with Crippen molar-refractivity contribution >= 4 is 39.2 Å². The molecule has 2 rings (SSSR count). The van der Waals surface area contributed by atoms with Gasteiger partial charge in [0.2, 0.25) is 10.0 Å². The third kappa shape index (κ3) is 4.40. The largest absolute Gasteiger partial charge is 0.452 e. The molecule has 0 aliphatic carbocycles. The lowest BCUT2D eigenvalue weighted by molar-refractivity contribution is -0.119. The summed E-state index contributed by atoms with van der Waals surface area (Å²) in [4.78, 5) is 23.6. The number of ether oxygens (including phenoxy) is 1. The van der Waals surface area contributed by atoms with Crippen LogP contribution in [0.2, 0.25) is 5.02 Å². The van der Waals surface area contributed by atoms with Gasteiger partial charge in [-0.1, -0.05) is 11.6 Å². The maximum atomic E-state index is 12.0. The number of hydrogen-bond donors (Lipinski definition) is 2. The average molecular weight is 401 g/mol. The van der Waals surface area contributed by atoms with Gasteiger partial charge in [-0.15, -0.1) is 0 Å². The Hall–Kier alpha value is -2.43. The number of anilines is 1. The van der Waals surface area contributed by atoms with E-state index in [-0.39, 0.29) is 10.6 Å². The van der Waals surface area contributed by atoms with Crippen LogP contribution >= 0.6 is 11.6 Å². The summed E-state index contributed by atoms with van der Waals surface area (Å²) < 4.78 is 29.4. The normalized spacial score (nSPS) is 11.3. The number of aryl methyl sites for hydroxylation is 2. The van der Waals surface area contributed by atoms with Gasteiger partial charge in [-0.2, -0.15) is 5.10 Å². The maximum absolute atomic E-state index is 12.0. The lowest BCUT2D eigenvalue weighted by Gasteiger charge is -2.08. The Bertz CT molecular complexity index is 984. The standard InChI is InChI=1S/C15H17ClN4O5S/c1-8-14(9(2)20(3)19-8)18-13(21)7-25-15(22)10-4-5-11(16)12(6-10)26(17,23)24/h4-6H,7H2,1-3H3,(H,18,21)(H2,17,23,24). The summed E-state index contributed by atoms with van der Waals surface area (Å²) >= 11 is 5.75. The van der Waals surface area contributed by atoms with Crippen molar-refractivity contribution in [1.29, 1.82) is 0 Å². The second-order valence-electron chi connectivity index (χ2n) is 5.48. The Kier molecular flexibility index (Phi) is 5.69. The van der Waals surface area contributed by atoms with Crippen LogP contribution in [0.25, 0.3) is 0 Å². The molecule has 0 saturated heterocycles. The van der Waals surface area contributed by atoms with Crippen molar-refractivity contribution in [2.24, 2.45) is 12.2 Å². The lowest BCUT2D eigenvalue weighted by Crippen LogP contribution is -2.22. The third-order valence-electron chi connectivity index (χ3n) is 3.58. The van der Waals surface area contributed by atoms with Gasteiger partial charge in [-0.05, 0) is 32.0 Å². The number of nitrogens with one attached hydrogen (secondary N) is 1. The third-order valence-corrected chi connectivity index (χ3v) is 4.97. The first kappa shape index (κ1) is 19.9. The van der Waals surface area contributed by atoms with E-state index in [1.165, 1.54) is 12.1 Å². The second-order valence-corrected chi connectivity index (χ2v) is 7.42. The first-order chi connectivity index (χ1) is 12.0. The van der Waals surface area contributed by atoms with Crippen molar-refractivity contribution in [2.45, 2.75) is 18.7 Å². The molecule has 1 aromatic heterocycles. The second kappa shape index (κ2) is 7.44. The number of halogens is 1. The smallest absolute Gasteiger partial charge is 0.338 e. The van der Waals surface area contributed by atoms with Crippen LogP contribution in [0.1, 0.15) is 21.7 Å². The van der Waals surface area contributed by atoms with Crippen LogP contribution in [-0.2, 0) is 26.6 Å². The van der Waals surface area contributed by atoms with Gasteiger partial charge in [0.15, 0.2) is 6.61 Å². The number of rotatable bonds is 5. The quantitative estimate of drug-likeness (QED) is 0.722. The van der Waals surface area contributed by atoms with Crippen molar-refractivity contribution in [3.05, 3.63) is 40.2 Å². The van der Waals surface area contributed by atoms with E-state index in [2.05, 4.69) is 10.4 Å². The summed E-state index contributed by atoms with van der Waals surface area (Å²) in [7, 11) is -2.36. The number of nitrogens with two attached hydrogens (primary N) is 1. The molecule has 140 valence electrons. The number of carbonyl (C=O) groups is 2. The molecule has 0 aliphatic heterocycles. The van der Waals surface area contributed by atoms with Crippen molar-refractivity contribution in [1.82, 2.24) is 9.78 Å². The molecule has 1 heterocycles. The predicted molar refractivity (Wildman–Crippen MR) is 94.4 cm³/mol. The van der Waals surface area contributed by atoms with Crippen LogP contribution in [0.5, 0.6) is 0 Å². The van der Waals surface area contributed by atoms with Gasteiger partial charge >= 0.3 is 5.97 Å². The molecule has 11 heteroatoms. The Balaban J connectivity index is 2.06. The Morgan fingerprint density at radius 3 is 2.54 bits per heavy atom. The number of aromatic nitrogens is 2. The van der Waals surface area contributed by atoms with E-state index >= 15 is 0 Å². The van der Waals surface area contributed by atoms with Gasteiger partial charge in [0.1, 0.15) is 4.90 Å². The molecular formula is C15H17ClN4O5S. The number of carbonyl (C=O) groups excluding carboxylic acids is 2. The number of benzene rings is 1. The van der Waals surface area contributed by atoms with Crippen LogP contribution in [0.4, 0.5) is 5.69 Å². The summed E-state index contributed by atoms with van der Waals surface area (Å²) in [5.41, 5.74) is 1.81. The fourth-order valence-electron chi connectivity index (χ4n) is 2.19. The van der Waals surface area contributed by atoms with E-state index in [0.29, 0.717) is 11.4 Å². The van der Waals surface area contributed by atoms with Gasteiger partial charge in [-0.3, -0.25) is 9.48 Å². The Morgan fingerprint density at radius 1 is 1.35 bits per heavy atom. The monoisotopic (exact) mass is 400 g/mol. The number of nitrogens with zero attached hydrogens (tertiary/aromatic N) is 2. The molecule has 0 atom stereocenters. The van der Waals surface area contributed by atoms with Crippen LogP contribution in [0.3, 0.4) is 0 Å². The molecular weight excluding hydrogens is 384 g/mol. The van der Waals surface area contributed by atoms with E-state index in [1.807, 2.05) is 0 Å². The van der Waals surface area contributed by atoms with Crippen molar-refractivity contribution in [3.8, 4) is 0 Å². The molecule has 1 amide bonds. The van der Waals surface area contributed by atoms with E-state index in [1.54, 1.807) is 25.6 Å². The molecule has 26 heavy (non-hydrogen) atoms. The van der Waals surface area contributed by atoms with Crippen LogP contribution in [0, 0.1) is 13.8 Å². The molecule has 0 radical (unpaired) electrons. The summed E-state index contributed by atoms with van der Waals surface area (Å²) in [5, 5.41) is 11.7. The highest BCUT2D eigenvalue weighted by molar-refractivity contribution is 7.89. The van der Waals surface area contributed by atoms with E-state index < -0.39 is 33.4 Å². The first-order valence-corrected chi connectivity index (χ1v) is 9.22. The molecule has 3 N–H and O–H groups in total. The molecule has 0 spiro atoms. The molecule has 0 unspecified atom stereocenters. The minimum Gasteiger partial charge on any atom is -0.452 e. The summed E-state index contributed by atoms with van der Waals surface area (Å²) in [5.74, 6) is -1.44. The van der Waals surface area contributed by atoms with Crippen molar-refractivity contribution in [2.75, 3.05) is 11.9 Å². The Labute approximate surface area is 155 Å². The van der Waals surface area contributed by atoms with Crippen LogP contribution in [0.15, 0.2) is 23.1 Å². The molecule has 0 saturated carbocycles. The molecule has 0 aliphatic rings. The van der Waals surface area contributed by atoms with Crippen LogP contribution in [-0.4, -0.2) is 36.7 Å². The molecule has 0 bridgehead atoms. The number of esters is 1. The fourth-order valence-corrected chi connectivity index (χ4v) is 3.26. The minimum atomic E-state index is -4.10. The first-order valence-electron chi connectivity index (χ1n) is 7.30. The molecule has 2 aromatic rings. The van der Waals surface area contributed by atoms with Gasteiger partial charge in [0.05, 0.1) is 27.7 Å². The summed E-state index contributed by atoms with van der Waals surface area (Å²) in [6.45, 7) is 2.96. The lowest BCUT2D eigenvalue weighted by atomic mass is 10.2. The maximum Gasteiger partial charge on any atom is 0.338 e. The highest BCUT2D eigenvalue weighted by Crippen LogP contribution is 2.22. The highest BCUT2D eigenvalue weighted by atomic mass is 35.5.